The fraction of sp³-hybridized carbons (Fsp3) is 0.480. The minimum absolute atomic E-state index is 0.0445. The summed E-state index contributed by atoms with van der Waals surface area (Å²) < 4.78 is 101. The van der Waals surface area contributed by atoms with E-state index >= 15 is 0 Å². The maximum atomic E-state index is 14.8. The van der Waals surface area contributed by atoms with Crippen LogP contribution in [0.1, 0.15) is 103 Å². The Balaban J connectivity index is 1.38. The van der Waals surface area contributed by atoms with Gasteiger partial charge in [0, 0.05) is 79.8 Å². The molecular weight excluding hydrogens is 1010 g/mol. The van der Waals surface area contributed by atoms with Crippen molar-refractivity contribution in [1.29, 1.82) is 0 Å². The predicted molar refractivity (Wildman–Crippen MR) is 271 cm³/mol. The third-order valence-corrected chi connectivity index (χ3v) is 15.8. The zero-order valence-corrected chi connectivity index (χ0v) is 43.8. The van der Waals surface area contributed by atoms with Gasteiger partial charge in [0.15, 0.2) is 5.71 Å². The van der Waals surface area contributed by atoms with Crippen molar-refractivity contribution in [3.05, 3.63) is 107 Å². The largest absolute Gasteiger partial charge is 0.355 e. The van der Waals surface area contributed by atoms with Crippen LogP contribution in [0.5, 0.6) is 0 Å². The molecule has 6 rings (SSSR count). The van der Waals surface area contributed by atoms with Crippen molar-refractivity contribution in [3.63, 3.8) is 0 Å². The van der Waals surface area contributed by atoms with Crippen LogP contribution < -0.4 is 15.5 Å². The van der Waals surface area contributed by atoms with Gasteiger partial charge in [0.1, 0.15) is 12.0 Å². The van der Waals surface area contributed by atoms with E-state index in [9.17, 15) is 62.9 Å². The highest BCUT2D eigenvalue weighted by Gasteiger charge is 2.49. The SMILES string of the molecule is CC1(C)C(/C=C/C2=CC(=C/C=C3/N(CCCS(=O)(=O)O)c4ccccc4C3(C)C)/CC(C(=O)NCCCCCC(=O)ON3C(=O)CCC3=O)(C(=O)NCCS(=O)(=O)O)C2)=[N+](CCCS(=O)(=O)O)c2ccccc21. The van der Waals surface area contributed by atoms with Crippen LogP contribution in [0, 0.1) is 5.41 Å². The summed E-state index contributed by atoms with van der Waals surface area (Å²) in [6.45, 7) is 7.97. The number of hydroxylamine groups is 2. The number of nitrogens with one attached hydrogen (secondary N) is 2. The van der Waals surface area contributed by atoms with E-state index in [-0.39, 0.29) is 71.0 Å². The number of fused-ring (bicyclic) bond motifs is 2. The van der Waals surface area contributed by atoms with Gasteiger partial charge < -0.3 is 20.4 Å². The minimum Gasteiger partial charge on any atom is -0.355 e. The number of allylic oxidation sites excluding steroid dienone is 8. The highest BCUT2D eigenvalue weighted by molar-refractivity contribution is 7.86. The molecule has 23 heteroatoms. The van der Waals surface area contributed by atoms with Crippen LogP contribution >= 0.6 is 0 Å². The Labute approximate surface area is 426 Å². The van der Waals surface area contributed by atoms with E-state index < -0.39 is 100 Å². The monoisotopic (exact) mass is 1070 g/mol. The fourth-order valence-electron chi connectivity index (χ4n) is 9.89. The Bertz CT molecular complexity index is 3010. The number of para-hydroxylation sites is 2. The van der Waals surface area contributed by atoms with E-state index in [4.69, 9.17) is 4.84 Å². The summed E-state index contributed by atoms with van der Waals surface area (Å²) in [6, 6.07) is 15.2. The molecule has 5 N–H and O–H groups in total. The number of benzene rings is 2. The Morgan fingerprint density at radius 2 is 1.30 bits per heavy atom. The lowest BCUT2D eigenvalue weighted by Crippen LogP contribution is -2.53. The maximum Gasteiger partial charge on any atom is 0.333 e. The first-order valence-corrected chi connectivity index (χ1v) is 28.9. The van der Waals surface area contributed by atoms with Gasteiger partial charge in [0.2, 0.25) is 17.5 Å². The molecule has 73 heavy (non-hydrogen) atoms. The molecule has 1 aliphatic carbocycles. The zero-order valence-electron chi connectivity index (χ0n) is 41.3. The molecule has 1 unspecified atom stereocenters. The standard InChI is InChI=1S/C50H63N5O15S3/c1-48(2)37-14-7-9-16-39(37)53(27-12-29-71(61,62)63)41(48)21-19-35-32-36(20-22-42-49(3,4)38-15-8-10-17-40(38)54(42)28-13-30-72(64,65)66)34-50(33-35,47(60)52-26-31-73(67,68)69)46(59)51-25-11-5-6-18-45(58)70-55-43(56)23-24-44(55)57/h7-10,14-17,19-22,32H,5-6,11-13,18,23-31,33-34H2,1-4H3,(H4-,51,52,59,60,61,62,63,64,65,66,67,68,69)/p+1. The highest BCUT2D eigenvalue weighted by atomic mass is 32.2. The lowest BCUT2D eigenvalue weighted by Gasteiger charge is -2.35. The van der Waals surface area contributed by atoms with E-state index in [1.165, 1.54) is 0 Å². The number of unbranched alkanes of at least 4 members (excludes halogenated alkanes) is 2. The van der Waals surface area contributed by atoms with Crippen LogP contribution in [0.15, 0.2) is 95.8 Å². The van der Waals surface area contributed by atoms with Crippen molar-refractivity contribution in [2.75, 3.05) is 48.3 Å². The minimum atomic E-state index is -4.53. The molecule has 20 nitrogen and oxygen atoms in total. The molecule has 396 valence electrons. The van der Waals surface area contributed by atoms with Gasteiger partial charge in [-0.3, -0.25) is 32.8 Å². The van der Waals surface area contributed by atoms with E-state index in [0.29, 0.717) is 29.1 Å². The number of rotatable bonds is 23. The Morgan fingerprint density at radius 3 is 1.96 bits per heavy atom. The number of carbonyl (C=O) groups is 5. The second-order valence-electron chi connectivity index (χ2n) is 19.7. The van der Waals surface area contributed by atoms with Crippen molar-refractivity contribution in [2.24, 2.45) is 5.41 Å². The van der Waals surface area contributed by atoms with Crippen LogP contribution in [-0.2, 0) is 70.0 Å². The third-order valence-electron chi connectivity index (χ3n) is 13.5. The number of anilines is 1. The van der Waals surface area contributed by atoms with Gasteiger partial charge in [0.05, 0.1) is 22.7 Å². The first kappa shape index (κ1) is 56.4. The number of hydrogen-bond donors (Lipinski definition) is 5. The van der Waals surface area contributed by atoms with Gasteiger partial charge in [-0.25, -0.2) is 4.79 Å². The van der Waals surface area contributed by atoms with Gasteiger partial charge in [0.25, 0.3) is 42.2 Å². The average molecular weight is 1070 g/mol. The van der Waals surface area contributed by atoms with Crippen LogP contribution in [0.3, 0.4) is 0 Å². The summed E-state index contributed by atoms with van der Waals surface area (Å²) in [5.41, 5.74) is 2.88. The van der Waals surface area contributed by atoms with Crippen molar-refractivity contribution >= 4 is 77.0 Å². The van der Waals surface area contributed by atoms with Crippen LogP contribution in [0.25, 0.3) is 0 Å². The fourth-order valence-corrected chi connectivity index (χ4v) is 11.2. The van der Waals surface area contributed by atoms with Gasteiger partial charge in [-0.2, -0.15) is 29.8 Å². The Hall–Kier alpha value is -5.85. The molecule has 3 heterocycles. The molecule has 0 aromatic heterocycles. The molecule has 0 bridgehead atoms. The molecule has 0 spiro atoms. The van der Waals surface area contributed by atoms with Crippen molar-refractivity contribution in [3.8, 4) is 0 Å². The summed E-state index contributed by atoms with van der Waals surface area (Å²) in [7, 11) is -13.1. The second kappa shape index (κ2) is 22.7. The molecular formula is C50H64N5O15S3+. The normalized spacial score (nSPS) is 20.7. The number of amides is 4. The van der Waals surface area contributed by atoms with E-state index in [1.807, 2.05) is 104 Å². The maximum absolute atomic E-state index is 14.8. The average Bonchev–Trinajstić information content (AvgIpc) is 3.81. The molecule has 0 saturated carbocycles. The third kappa shape index (κ3) is 14.1. The first-order chi connectivity index (χ1) is 34.1. The van der Waals surface area contributed by atoms with Gasteiger partial charge in [-0.05, 0) is 74.8 Å². The van der Waals surface area contributed by atoms with Gasteiger partial charge >= 0.3 is 5.97 Å². The number of carbonyl (C=O) groups excluding carboxylic acids is 5. The number of imide groups is 1. The highest BCUT2D eigenvalue weighted by Crippen LogP contribution is 2.48. The second-order valence-corrected chi connectivity index (χ2v) is 24.4. The molecule has 2 aromatic carbocycles. The van der Waals surface area contributed by atoms with E-state index in [2.05, 4.69) is 10.6 Å². The Morgan fingerprint density at radius 1 is 0.699 bits per heavy atom. The molecule has 4 amide bonds. The predicted octanol–water partition coefficient (Wildman–Crippen LogP) is 4.78. The Kier molecular flexibility index (Phi) is 17.6. The summed E-state index contributed by atoms with van der Waals surface area (Å²) >= 11 is 0. The molecule has 1 fully saturated rings. The lowest BCUT2D eigenvalue weighted by atomic mass is 9.70. The van der Waals surface area contributed by atoms with Crippen molar-refractivity contribution in [1.82, 2.24) is 15.7 Å². The first-order valence-electron chi connectivity index (χ1n) is 24.0. The van der Waals surface area contributed by atoms with Crippen LogP contribution in [0.2, 0.25) is 0 Å². The lowest BCUT2D eigenvalue weighted by molar-refractivity contribution is -0.437. The quantitative estimate of drug-likeness (QED) is 0.0329. The molecule has 1 saturated heterocycles. The molecule has 4 aliphatic rings. The van der Waals surface area contributed by atoms with E-state index in [1.54, 1.807) is 12.2 Å². The number of hydrogen-bond acceptors (Lipinski definition) is 13. The summed E-state index contributed by atoms with van der Waals surface area (Å²) in [5, 5.41) is 5.91. The van der Waals surface area contributed by atoms with Crippen molar-refractivity contribution in [2.45, 2.75) is 103 Å². The molecule has 1 atom stereocenters. The summed E-state index contributed by atoms with van der Waals surface area (Å²) in [5.74, 6) is -5.28. The smallest absolute Gasteiger partial charge is 0.333 e. The molecule has 0 radical (unpaired) electrons. The summed E-state index contributed by atoms with van der Waals surface area (Å²) in [6.07, 6.45) is 9.66. The number of nitrogens with zero attached hydrogens (tertiary/aromatic N) is 3. The summed E-state index contributed by atoms with van der Waals surface area (Å²) in [4.78, 5) is 72.5. The molecule has 3 aliphatic heterocycles. The topological polar surface area (TPSA) is 291 Å². The van der Waals surface area contributed by atoms with Crippen LogP contribution in [0.4, 0.5) is 11.4 Å². The van der Waals surface area contributed by atoms with Gasteiger partial charge in [-0.15, -0.1) is 5.06 Å². The van der Waals surface area contributed by atoms with Crippen LogP contribution in [-0.4, -0.2) is 127 Å². The molecule has 2 aromatic rings. The zero-order chi connectivity index (χ0) is 53.6. The van der Waals surface area contributed by atoms with Crippen molar-refractivity contribution < 1.29 is 72.3 Å². The van der Waals surface area contributed by atoms with Gasteiger partial charge in [-0.1, -0.05) is 74.9 Å². The van der Waals surface area contributed by atoms with E-state index in [0.717, 1.165) is 33.9 Å².